The van der Waals surface area contributed by atoms with Crippen LogP contribution in [0.3, 0.4) is 0 Å². The summed E-state index contributed by atoms with van der Waals surface area (Å²) in [6.07, 6.45) is 0.308. The molecule has 0 amide bonds. The lowest BCUT2D eigenvalue weighted by atomic mass is 10.1. The molecule has 0 aliphatic carbocycles. The molecule has 3 aromatic rings. The summed E-state index contributed by atoms with van der Waals surface area (Å²) >= 11 is 11.9. The minimum Gasteiger partial charge on any atom is -0.494 e. The zero-order valence-electron chi connectivity index (χ0n) is 16.9. The lowest BCUT2D eigenvalue weighted by Crippen LogP contribution is -2.07. The Hall–Kier alpha value is -2.76. The van der Waals surface area contributed by atoms with Gasteiger partial charge in [0.05, 0.1) is 12.3 Å². The molecule has 0 saturated heterocycles. The van der Waals surface area contributed by atoms with Crippen molar-refractivity contribution in [3.8, 4) is 17.2 Å². The number of hydrogen-bond acceptors (Lipinski definition) is 4. The molecule has 0 bridgehead atoms. The molecule has 0 spiro atoms. The van der Waals surface area contributed by atoms with Gasteiger partial charge in [-0.15, -0.1) is 23.2 Å². The Morgan fingerprint density at radius 3 is 2.39 bits per heavy atom. The van der Waals surface area contributed by atoms with Crippen molar-refractivity contribution in [1.82, 2.24) is 0 Å². The van der Waals surface area contributed by atoms with Crippen molar-refractivity contribution in [2.75, 3.05) is 6.61 Å². The molecule has 0 unspecified atom stereocenters. The van der Waals surface area contributed by atoms with Gasteiger partial charge >= 0.3 is 0 Å². The van der Waals surface area contributed by atoms with E-state index in [1.54, 1.807) is 24.3 Å². The zero-order chi connectivity index (χ0) is 22.1. The first-order valence-electron chi connectivity index (χ1n) is 9.76. The van der Waals surface area contributed by atoms with Crippen LogP contribution in [0, 0.1) is 5.82 Å². The zero-order valence-corrected chi connectivity index (χ0v) is 18.4. The largest absolute Gasteiger partial charge is 0.494 e. The average Bonchev–Trinajstić information content (AvgIpc) is 2.76. The van der Waals surface area contributed by atoms with Gasteiger partial charge in [0.25, 0.3) is 0 Å². The van der Waals surface area contributed by atoms with Gasteiger partial charge in [0, 0.05) is 6.42 Å². The highest BCUT2D eigenvalue weighted by Crippen LogP contribution is 2.26. The Kier molecular flexibility index (Phi) is 8.56. The fourth-order valence-corrected chi connectivity index (χ4v) is 3.07. The minimum absolute atomic E-state index is 0.115. The van der Waals surface area contributed by atoms with Gasteiger partial charge in [-0.05, 0) is 66.6 Å². The second kappa shape index (κ2) is 11.6. The number of rotatable bonds is 10. The maximum absolute atomic E-state index is 14.1. The molecule has 0 saturated carbocycles. The van der Waals surface area contributed by atoms with Crippen molar-refractivity contribution in [3.05, 3.63) is 89.7 Å². The molecule has 0 heterocycles. The lowest BCUT2D eigenvalue weighted by Gasteiger charge is -2.10. The van der Waals surface area contributed by atoms with E-state index in [0.29, 0.717) is 30.1 Å². The molecular weight excluding hydrogens is 440 g/mol. The first-order valence-corrected chi connectivity index (χ1v) is 10.6. The van der Waals surface area contributed by atoms with Crippen LogP contribution >= 0.6 is 23.2 Å². The second-order valence-corrected chi connectivity index (χ2v) is 7.82. The van der Waals surface area contributed by atoms with Crippen molar-refractivity contribution in [3.63, 3.8) is 0 Å². The normalized spacial score (nSPS) is 11.5. The molecular formula is C24H22Cl2FNO3. The Bertz CT molecular complexity index is 995. The van der Waals surface area contributed by atoms with E-state index < -0.39 is 10.7 Å². The van der Waals surface area contributed by atoms with Crippen molar-refractivity contribution >= 4 is 28.9 Å². The van der Waals surface area contributed by atoms with Crippen LogP contribution < -0.4 is 9.47 Å². The van der Waals surface area contributed by atoms with E-state index in [1.807, 2.05) is 49.4 Å². The Morgan fingerprint density at radius 2 is 1.71 bits per heavy atom. The summed E-state index contributed by atoms with van der Waals surface area (Å²) in [5.41, 5.74) is 2.12. The predicted octanol–water partition coefficient (Wildman–Crippen LogP) is 7.13. The monoisotopic (exact) mass is 461 g/mol. The SMILES string of the molecule is CCOc1ccc(C(CC(Cl)Cl)=NOCc2ccc(F)c(Oc3ccccc3)c2)cc1. The number of alkyl halides is 2. The molecule has 3 rings (SSSR count). The van der Waals surface area contributed by atoms with Crippen molar-refractivity contribution in [1.29, 1.82) is 0 Å². The number of hydrogen-bond donors (Lipinski definition) is 0. The molecule has 0 aromatic heterocycles. The van der Waals surface area contributed by atoms with Gasteiger partial charge in [-0.1, -0.05) is 29.4 Å². The summed E-state index contributed by atoms with van der Waals surface area (Å²) in [5, 5.41) is 4.21. The van der Waals surface area contributed by atoms with E-state index in [1.165, 1.54) is 6.07 Å². The maximum Gasteiger partial charge on any atom is 0.165 e. The first-order chi connectivity index (χ1) is 15.0. The highest BCUT2D eigenvalue weighted by atomic mass is 35.5. The number of nitrogens with zero attached hydrogens (tertiary/aromatic N) is 1. The van der Waals surface area contributed by atoms with Gasteiger partial charge < -0.3 is 14.3 Å². The second-order valence-electron chi connectivity index (χ2n) is 6.54. The fourth-order valence-electron chi connectivity index (χ4n) is 2.78. The molecule has 0 aliphatic heterocycles. The van der Waals surface area contributed by atoms with Crippen molar-refractivity contribution in [2.24, 2.45) is 5.16 Å². The van der Waals surface area contributed by atoms with Crippen molar-refractivity contribution in [2.45, 2.75) is 24.8 Å². The average molecular weight is 462 g/mol. The molecule has 0 fully saturated rings. The molecule has 4 nitrogen and oxygen atoms in total. The number of ether oxygens (including phenoxy) is 2. The molecule has 0 N–H and O–H groups in total. The summed E-state index contributed by atoms with van der Waals surface area (Å²) in [6, 6.07) is 21.0. The van der Waals surface area contributed by atoms with Crippen molar-refractivity contribution < 1.29 is 18.7 Å². The van der Waals surface area contributed by atoms with Crippen LogP contribution in [-0.2, 0) is 11.4 Å². The summed E-state index contributed by atoms with van der Waals surface area (Å²) in [6.45, 7) is 2.63. The topological polar surface area (TPSA) is 40.0 Å². The molecule has 3 aromatic carbocycles. The van der Waals surface area contributed by atoms with E-state index in [0.717, 1.165) is 11.3 Å². The number of oxime groups is 1. The summed E-state index contributed by atoms with van der Waals surface area (Å²) in [4.78, 5) is 4.89. The Morgan fingerprint density at radius 1 is 0.968 bits per heavy atom. The molecule has 0 aliphatic rings. The van der Waals surface area contributed by atoms with Crippen LogP contribution in [0.2, 0.25) is 0 Å². The molecule has 0 atom stereocenters. The third-order valence-corrected chi connectivity index (χ3v) is 4.53. The summed E-state index contributed by atoms with van der Waals surface area (Å²) in [7, 11) is 0. The van der Waals surface area contributed by atoms with Crippen LogP contribution in [0.5, 0.6) is 17.2 Å². The lowest BCUT2D eigenvalue weighted by molar-refractivity contribution is 0.130. The van der Waals surface area contributed by atoms with E-state index in [-0.39, 0.29) is 12.4 Å². The van der Waals surface area contributed by atoms with Gasteiger partial charge in [0.2, 0.25) is 0 Å². The van der Waals surface area contributed by atoms with Crippen LogP contribution in [-0.4, -0.2) is 17.2 Å². The van der Waals surface area contributed by atoms with Gasteiger partial charge in [0.1, 0.15) is 22.9 Å². The first kappa shape index (κ1) is 22.9. The quantitative estimate of drug-likeness (QED) is 0.183. The van der Waals surface area contributed by atoms with Gasteiger partial charge in [-0.3, -0.25) is 0 Å². The molecule has 0 radical (unpaired) electrons. The van der Waals surface area contributed by atoms with Crippen LogP contribution in [0.25, 0.3) is 0 Å². The third kappa shape index (κ3) is 7.16. The smallest absolute Gasteiger partial charge is 0.165 e. The van der Waals surface area contributed by atoms with Crippen LogP contribution in [0.1, 0.15) is 24.5 Å². The highest BCUT2D eigenvalue weighted by Gasteiger charge is 2.11. The van der Waals surface area contributed by atoms with Gasteiger partial charge in [0.15, 0.2) is 11.6 Å². The maximum atomic E-state index is 14.1. The summed E-state index contributed by atoms with van der Waals surface area (Å²) < 4.78 is 25.2. The van der Waals surface area contributed by atoms with E-state index >= 15 is 0 Å². The molecule has 7 heteroatoms. The standard InChI is InChI=1S/C24H22Cl2FNO3/c1-2-29-19-11-9-18(10-12-19)22(15-24(25)26)28-30-16-17-8-13-21(27)23(14-17)31-20-6-4-3-5-7-20/h3-14,24H,2,15-16H2,1H3. The number of para-hydroxylation sites is 1. The molecule has 162 valence electrons. The highest BCUT2D eigenvalue weighted by molar-refractivity contribution is 6.45. The predicted molar refractivity (Wildman–Crippen MR) is 122 cm³/mol. The van der Waals surface area contributed by atoms with Gasteiger partial charge in [-0.25, -0.2) is 4.39 Å². The number of halogens is 3. The van der Waals surface area contributed by atoms with Gasteiger partial charge in [-0.2, -0.15) is 0 Å². The van der Waals surface area contributed by atoms with Crippen LogP contribution in [0.4, 0.5) is 4.39 Å². The third-order valence-electron chi connectivity index (χ3n) is 4.22. The Balaban J connectivity index is 1.70. The Labute approximate surface area is 191 Å². The van der Waals surface area contributed by atoms with E-state index in [9.17, 15) is 4.39 Å². The van der Waals surface area contributed by atoms with E-state index in [2.05, 4.69) is 5.16 Å². The fraction of sp³-hybridized carbons (Fsp3) is 0.208. The minimum atomic E-state index is -0.634. The summed E-state index contributed by atoms with van der Waals surface area (Å²) in [5.74, 6) is 0.963. The number of benzene rings is 3. The molecule has 31 heavy (non-hydrogen) atoms. The van der Waals surface area contributed by atoms with E-state index in [4.69, 9.17) is 37.5 Å². The van der Waals surface area contributed by atoms with Crippen LogP contribution in [0.15, 0.2) is 78.0 Å².